The SMILES string of the molecule is CC[C@@]1(O)COCc2c1cc1n(c2=O)Cc2c-1nc1cc(F)c(C)c3c1c2CCC3. The Hall–Kier alpha value is -2.57. The van der Waals surface area contributed by atoms with Crippen LogP contribution in [-0.2, 0) is 36.3 Å². The van der Waals surface area contributed by atoms with Gasteiger partial charge >= 0.3 is 0 Å². The number of rotatable bonds is 1. The predicted octanol–water partition coefficient (Wildman–Crippen LogP) is 3.49. The summed E-state index contributed by atoms with van der Waals surface area (Å²) in [6, 6.07) is 3.44. The van der Waals surface area contributed by atoms with Crippen molar-refractivity contribution in [3.63, 3.8) is 0 Å². The van der Waals surface area contributed by atoms with Crippen molar-refractivity contribution < 1.29 is 14.2 Å². The lowest BCUT2D eigenvalue weighted by atomic mass is 9.84. The second-order valence-corrected chi connectivity index (χ2v) is 8.82. The Kier molecular flexibility index (Phi) is 3.64. The van der Waals surface area contributed by atoms with E-state index in [4.69, 9.17) is 9.72 Å². The molecule has 2 aliphatic heterocycles. The Labute approximate surface area is 173 Å². The molecule has 0 spiro atoms. The third kappa shape index (κ3) is 2.18. The molecule has 4 heterocycles. The van der Waals surface area contributed by atoms with Gasteiger partial charge in [-0.15, -0.1) is 0 Å². The lowest BCUT2D eigenvalue weighted by Gasteiger charge is -2.33. The zero-order valence-electron chi connectivity index (χ0n) is 17.1. The van der Waals surface area contributed by atoms with Crippen molar-refractivity contribution in [3.05, 3.63) is 61.7 Å². The molecule has 2 aromatic heterocycles. The van der Waals surface area contributed by atoms with Crippen LogP contribution in [-0.4, -0.2) is 21.3 Å². The number of aromatic nitrogens is 2. The minimum absolute atomic E-state index is 0.123. The molecule has 1 N–H and O–H groups in total. The lowest BCUT2D eigenvalue weighted by molar-refractivity contribution is -0.0757. The molecule has 0 bridgehead atoms. The summed E-state index contributed by atoms with van der Waals surface area (Å²) in [6.07, 6.45) is 3.19. The Bertz CT molecular complexity index is 1330. The fourth-order valence-electron chi connectivity index (χ4n) is 5.55. The van der Waals surface area contributed by atoms with Crippen LogP contribution in [0.5, 0.6) is 0 Å². The van der Waals surface area contributed by atoms with Gasteiger partial charge in [-0.05, 0) is 60.9 Å². The summed E-state index contributed by atoms with van der Waals surface area (Å²) in [4.78, 5) is 18.2. The van der Waals surface area contributed by atoms with Crippen LogP contribution in [0.2, 0.25) is 0 Å². The average Bonchev–Trinajstić information content (AvgIpc) is 3.12. The fourth-order valence-corrected chi connectivity index (χ4v) is 5.55. The summed E-state index contributed by atoms with van der Waals surface area (Å²) in [7, 11) is 0. The van der Waals surface area contributed by atoms with E-state index in [1.165, 1.54) is 11.6 Å². The normalized spacial score (nSPS) is 21.5. The highest BCUT2D eigenvalue weighted by Gasteiger charge is 2.38. The van der Waals surface area contributed by atoms with Gasteiger partial charge in [0.25, 0.3) is 5.56 Å². The van der Waals surface area contributed by atoms with Crippen LogP contribution in [0.15, 0.2) is 16.9 Å². The van der Waals surface area contributed by atoms with E-state index in [0.717, 1.165) is 41.5 Å². The van der Waals surface area contributed by atoms with Crippen LogP contribution in [0.1, 0.15) is 53.1 Å². The van der Waals surface area contributed by atoms with E-state index in [-0.39, 0.29) is 24.6 Å². The van der Waals surface area contributed by atoms with Gasteiger partial charge in [0.2, 0.25) is 0 Å². The summed E-state index contributed by atoms with van der Waals surface area (Å²) in [6.45, 7) is 4.58. The molecule has 6 rings (SSSR count). The molecule has 1 aromatic carbocycles. The maximum Gasteiger partial charge on any atom is 0.257 e. The molecule has 0 amide bonds. The van der Waals surface area contributed by atoms with Gasteiger partial charge in [0.1, 0.15) is 11.4 Å². The molecule has 0 saturated heterocycles. The zero-order chi connectivity index (χ0) is 20.8. The first-order valence-electron chi connectivity index (χ1n) is 10.6. The molecule has 1 aliphatic carbocycles. The second kappa shape index (κ2) is 5.99. The van der Waals surface area contributed by atoms with Crippen molar-refractivity contribution in [1.29, 1.82) is 0 Å². The van der Waals surface area contributed by atoms with E-state index < -0.39 is 5.60 Å². The number of fused-ring (bicyclic) bond motifs is 5. The van der Waals surface area contributed by atoms with E-state index in [0.29, 0.717) is 40.9 Å². The minimum atomic E-state index is -1.17. The first kappa shape index (κ1) is 18.2. The molecule has 0 unspecified atom stereocenters. The molecule has 30 heavy (non-hydrogen) atoms. The van der Waals surface area contributed by atoms with E-state index in [1.807, 2.05) is 19.9 Å². The minimum Gasteiger partial charge on any atom is -0.383 e. The first-order valence-corrected chi connectivity index (χ1v) is 10.6. The van der Waals surface area contributed by atoms with Crippen molar-refractivity contribution in [2.75, 3.05) is 6.61 Å². The predicted molar refractivity (Wildman–Crippen MR) is 111 cm³/mol. The summed E-state index contributed by atoms with van der Waals surface area (Å²) >= 11 is 0. The van der Waals surface area contributed by atoms with Crippen LogP contribution in [0.4, 0.5) is 4.39 Å². The van der Waals surface area contributed by atoms with Gasteiger partial charge in [0, 0.05) is 22.6 Å². The molecule has 3 aromatic rings. The van der Waals surface area contributed by atoms with E-state index in [2.05, 4.69) is 0 Å². The standard InChI is InChI=1S/C24H23FN2O3/c1-3-24(29)11-30-10-16-17(24)7-20-22-15(9-27(20)23(16)28)14-6-4-5-13-12(2)18(25)8-19(26-22)21(13)14/h7-8,29H,3-6,9-11H2,1-2H3/t24-/m1/s1. The van der Waals surface area contributed by atoms with Gasteiger partial charge in [-0.3, -0.25) is 4.79 Å². The summed E-state index contributed by atoms with van der Waals surface area (Å²) in [5.74, 6) is -0.226. The van der Waals surface area contributed by atoms with E-state index in [9.17, 15) is 14.3 Å². The Morgan fingerprint density at radius 3 is 2.83 bits per heavy atom. The van der Waals surface area contributed by atoms with Crippen molar-refractivity contribution in [2.24, 2.45) is 0 Å². The van der Waals surface area contributed by atoms with Crippen molar-refractivity contribution >= 4 is 10.9 Å². The average molecular weight is 406 g/mol. The zero-order valence-corrected chi connectivity index (χ0v) is 17.1. The van der Waals surface area contributed by atoms with Gasteiger partial charge in [0.05, 0.1) is 36.7 Å². The number of hydrogen-bond acceptors (Lipinski definition) is 4. The smallest absolute Gasteiger partial charge is 0.257 e. The highest BCUT2D eigenvalue weighted by atomic mass is 19.1. The summed E-state index contributed by atoms with van der Waals surface area (Å²) < 4.78 is 21.9. The second-order valence-electron chi connectivity index (χ2n) is 8.82. The molecule has 0 saturated carbocycles. The van der Waals surface area contributed by atoms with Crippen LogP contribution in [0.25, 0.3) is 22.3 Å². The molecule has 154 valence electrons. The van der Waals surface area contributed by atoms with Crippen LogP contribution in [0, 0.1) is 12.7 Å². The van der Waals surface area contributed by atoms with Gasteiger partial charge in [-0.1, -0.05) is 6.92 Å². The number of benzene rings is 1. The molecule has 0 radical (unpaired) electrons. The largest absolute Gasteiger partial charge is 0.383 e. The summed E-state index contributed by atoms with van der Waals surface area (Å²) in [5, 5.41) is 12.1. The van der Waals surface area contributed by atoms with Crippen LogP contribution in [0.3, 0.4) is 0 Å². The lowest BCUT2D eigenvalue weighted by Crippen LogP contribution is -2.40. The van der Waals surface area contributed by atoms with Crippen molar-refractivity contribution in [1.82, 2.24) is 9.55 Å². The van der Waals surface area contributed by atoms with Gasteiger partial charge < -0.3 is 14.4 Å². The third-order valence-electron chi connectivity index (χ3n) is 7.30. The number of pyridine rings is 2. The quantitative estimate of drug-likeness (QED) is 0.526. The number of hydrogen-bond donors (Lipinski definition) is 1. The highest BCUT2D eigenvalue weighted by Crippen LogP contribution is 2.42. The highest BCUT2D eigenvalue weighted by molar-refractivity contribution is 5.92. The molecule has 5 nitrogen and oxygen atoms in total. The maximum atomic E-state index is 14.6. The molecule has 0 fully saturated rings. The Balaban J connectivity index is 1.68. The number of aryl methyl sites for hydroxylation is 2. The Morgan fingerprint density at radius 2 is 2.03 bits per heavy atom. The van der Waals surface area contributed by atoms with Gasteiger partial charge in [0.15, 0.2) is 0 Å². The molecular formula is C24H23FN2O3. The fraction of sp³-hybridized carbons (Fsp3) is 0.417. The maximum absolute atomic E-state index is 14.6. The van der Waals surface area contributed by atoms with Gasteiger partial charge in [-0.2, -0.15) is 0 Å². The number of nitrogens with zero attached hydrogens (tertiary/aromatic N) is 2. The Morgan fingerprint density at radius 1 is 1.23 bits per heavy atom. The molecule has 3 aliphatic rings. The van der Waals surface area contributed by atoms with Gasteiger partial charge in [-0.25, -0.2) is 9.37 Å². The van der Waals surface area contributed by atoms with Crippen LogP contribution < -0.4 is 5.56 Å². The summed E-state index contributed by atoms with van der Waals surface area (Å²) in [5.41, 5.74) is 6.03. The number of aliphatic hydroxyl groups is 1. The van der Waals surface area contributed by atoms with E-state index in [1.54, 1.807) is 4.57 Å². The molecule has 1 atom stereocenters. The topological polar surface area (TPSA) is 64.3 Å². The monoisotopic (exact) mass is 406 g/mol. The number of ether oxygens (including phenoxy) is 1. The molecule has 6 heteroatoms. The first-order chi connectivity index (χ1) is 14.4. The number of halogens is 1. The van der Waals surface area contributed by atoms with Crippen LogP contribution >= 0.6 is 0 Å². The van der Waals surface area contributed by atoms with Crippen molar-refractivity contribution in [2.45, 2.75) is 58.3 Å². The van der Waals surface area contributed by atoms with Crippen molar-refractivity contribution in [3.8, 4) is 11.4 Å². The van der Waals surface area contributed by atoms with E-state index >= 15 is 0 Å². The third-order valence-corrected chi connectivity index (χ3v) is 7.30. The molecular weight excluding hydrogens is 383 g/mol.